The average molecular weight is 249 g/mol. The highest BCUT2D eigenvalue weighted by atomic mass is 16.6. The summed E-state index contributed by atoms with van der Waals surface area (Å²) in [7, 11) is 0. The highest BCUT2D eigenvalue weighted by Crippen LogP contribution is 2.34. The zero-order valence-corrected chi connectivity index (χ0v) is 9.95. The van der Waals surface area contributed by atoms with E-state index in [2.05, 4.69) is 10.0 Å². The van der Waals surface area contributed by atoms with E-state index >= 15 is 0 Å². The first-order valence-corrected chi connectivity index (χ1v) is 5.89. The first-order chi connectivity index (χ1) is 8.85. The second-order valence-corrected chi connectivity index (χ2v) is 3.99. The lowest BCUT2D eigenvalue weighted by molar-refractivity contribution is 0.171. The molecule has 0 amide bonds. The number of hydrogen-bond donors (Lipinski definition) is 1. The molecule has 1 heterocycles. The second kappa shape index (κ2) is 6.14. The van der Waals surface area contributed by atoms with Gasteiger partial charge < -0.3 is 14.6 Å². The van der Waals surface area contributed by atoms with Crippen LogP contribution in [0.4, 0.5) is 0 Å². The molecule has 0 aliphatic carbocycles. The van der Waals surface area contributed by atoms with Crippen molar-refractivity contribution in [1.29, 1.82) is 0 Å². The molecule has 1 aromatic carbocycles. The molecule has 1 aliphatic heterocycles. The molecule has 0 saturated carbocycles. The van der Waals surface area contributed by atoms with Crippen LogP contribution in [-0.2, 0) is 0 Å². The summed E-state index contributed by atoms with van der Waals surface area (Å²) in [6.45, 7) is 1.16. The Hall–Kier alpha value is -1.91. The van der Waals surface area contributed by atoms with E-state index in [1.54, 1.807) is 0 Å². The molecule has 0 saturated heterocycles. The highest BCUT2D eigenvalue weighted by Gasteiger charge is 2.15. The van der Waals surface area contributed by atoms with Crippen molar-refractivity contribution < 1.29 is 14.6 Å². The maximum Gasteiger partial charge on any atom is 0.161 e. The van der Waals surface area contributed by atoms with Gasteiger partial charge in [-0.15, -0.1) is 0 Å². The predicted octanol–water partition coefficient (Wildman–Crippen LogP) is 2.58. The van der Waals surface area contributed by atoms with Gasteiger partial charge in [-0.3, -0.25) is 0 Å². The molecular weight excluding hydrogens is 234 g/mol. The third-order valence-corrected chi connectivity index (χ3v) is 2.78. The van der Waals surface area contributed by atoms with Crippen molar-refractivity contribution in [3.05, 3.63) is 34.2 Å². The number of fused-ring (bicyclic) bond motifs is 1. The summed E-state index contributed by atoms with van der Waals surface area (Å²) in [6, 6.07) is 5.25. The van der Waals surface area contributed by atoms with Crippen molar-refractivity contribution in [2.45, 2.75) is 18.9 Å². The molecule has 0 radical (unpaired) electrons. The van der Waals surface area contributed by atoms with Crippen LogP contribution in [0.5, 0.6) is 11.5 Å². The van der Waals surface area contributed by atoms with Gasteiger partial charge in [-0.05, 0) is 36.1 Å². The Morgan fingerprint density at radius 3 is 2.83 bits per heavy atom. The van der Waals surface area contributed by atoms with Gasteiger partial charge in [0.05, 0.1) is 6.04 Å². The van der Waals surface area contributed by atoms with E-state index in [0.29, 0.717) is 37.6 Å². The summed E-state index contributed by atoms with van der Waals surface area (Å²) in [6.07, 6.45) is 1.21. The topological polar surface area (TPSA) is 87.5 Å². The molecule has 0 aromatic heterocycles. The van der Waals surface area contributed by atoms with E-state index in [4.69, 9.17) is 20.1 Å². The Morgan fingerprint density at radius 2 is 2.11 bits per heavy atom. The second-order valence-electron chi connectivity index (χ2n) is 3.99. The summed E-state index contributed by atoms with van der Waals surface area (Å²) >= 11 is 0. The van der Waals surface area contributed by atoms with Gasteiger partial charge in [0.15, 0.2) is 11.5 Å². The zero-order chi connectivity index (χ0) is 12.8. The molecule has 6 nitrogen and oxygen atoms in total. The van der Waals surface area contributed by atoms with E-state index in [1.807, 2.05) is 18.2 Å². The lowest BCUT2D eigenvalue weighted by atomic mass is 10.0. The van der Waals surface area contributed by atoms with Gasteiger partial charge >= 0.3 is 0 Å². The first kappa shape index (κ1) is 12.5. The quantitative estimate of drug-likeness (QED) is 0.494. The molecular formula is C12H15N3O3. The Bertz CT molecular complexity index is 458. The SMILES string of the molecule is [N-]=[N+]=NC(CCCO)c1ccc2c(c1)OCCO2. The predicted molar refractivity (Wildman–Crippen MR) is 65.6 cm³/mol. The molecule has 1 aromatic rings. The maximum atomic E-state index is 8.84. The van der Waals surface area contributed by atoms with Gasteiger partial charge in [-0.2, -0.15) is 0 Å². The minimum atomic E-state index is -0.280. The van der Waals surface area contributed by atoms with Crippen molar-refractivity contribution in [1.82, 2.24) is 0 Å². The summed E-state index contributed by atoms with van der Waals surface area (Å²) in [4.78, 5) is 2.85. The highest BCUT2D eigenvalue weighted by molar-refractivity contribution is 5.44. The fourth-order valence-corrected chi connectivity index (χ4v) is 1.91. The van der Waals surface area contributed by atoms with Crippen LogP contribution in [0.25, 0.3) is 10.4 Å². The van der Waals surface area contributed by atoms with E-state index in [9.17, 15) is 0 Å². The third kappa shape index (κ3) is 2.85. The van der Waals surface area contributed by atoms with Crippen LogP contribution >= 0.6 is 0 Å². The summed E-state index contributed by atoms with van der Waals surface area (Å²) in [5.41, 5.74) is 9.46. The number of ether oxygens (including phenoxy) is 2. The fraction of sp³-hybridized carbons (Fsp3) is 0.500. The number of aliphatic hydroxyl groups is 1. The molecule has 0 bridgehead atoms. The normalized spacial score (nSPS) is 14.7. The summed E-state index contributed by atoms with van der Waals surface area (Å²) in [5.74, 6) is 1.40. The molecule has 96 valence electrons. The Kier molecular flexibility index (Phi) is 4.28. The lowest BCUT2D eigenvalue weighted by Gasteiger charge is -2.20. The van der Waals surface area contributed by atoms with Crippen LogP contribution in [0, 0.1) is 0 Å². The van der Waals surface area contributed by atoms with Crippen molar-refractivity contribution in [2.24, 2.45) is 5.11 Å². The largest absolute Gasteiger partial charge is 0.486 e. The van der Waals surface area contributed by atoms with E-state index in [-0.39, 0.29) is 12.6 Å². The zero-order valence-electron chi connectivity index (χ0n) is 9.95. The number of nitrogens with zero attached hydrogens (tertiary/aromatic N) is 3. The molecule has 6 heteroatoms. The first-order valence-electron chi connectivity index (χ1n) is 5.89. The molecule has 2 rings (SSSR count). The van der Waals surface area contributed by atoms with Gasteiger partial charge in [-0.25, -0.2) is 0 Å². The fourth-order valence-electron chi connectivity index (χ4n) is 1.91. The van der Waals surface area contributed by atoms with Crippen LogP contribution < -0.4 is 9.47 Å². The Labute approximate surface area is 105 Å². The lowest BCUT2D eigenvalue weighted by Crippen LogP contribution is -2.15. The number of rotatable bonds is 5. The maximum absolute atomic E-state index is 8.84. The number of benzene rings is 1. The van der Waals surface area contributed by atoms with Gasteiger partial charge in [0, 0.05) is 11.5 Å². The van der Waals surface area contributed by atoms with Gasteiger partial charge in [0.2, 0.25) is 0 Å². The van der Waals surface area contributed by atoms with Gasteiger partial charge in [0.1, 0.15) is 13.2 Å². The monoisotopic (exact) mass is 249 g/mol. The summed E-state index contributed by atoms with van der Waals surface area (Å²) in [5, 5.41) is 12.6. The van der Waals surface area contributed by atoms with Crippen LogP contribution in [0.15, 0.2) is 23.3 Å². The average Bonchev–Trinajstić information content (AvgIpc) is 2.43. The van der Waals surface area contributed by atoms with Crippen molar-refractivity contribution >= 4 is 0 Å². The molecule has 1 atom stereocenters. The van der Waals surface area contributed by atoms with Crippen molar-refractivity contribution in [3.8, 4) is 11.5 Å². The molecule has 1 unspecified atom stereocenters. The smallest absolute Gasteiger partial charge is 0.161 e. The van der Waals surface area contributed by atoms with Gasteiger partial charge in [0.25, 0.3) is 0 Å². The minimum Gasteiger partial charge on any atom is -0.486 e. The summed E-state index contributed by atoms with van der Waals surface area (Å²) < 4.78 is 10.9. The van der Waals surface area contributed by atoms with Crippen LogP contribution in [0.1, 0.15) is 24.4 Å². The minimum absolute atomic E-state index is 0.0853. The molecule has 1 aliphatic rings. The number of aliphatic hydroxyl groups excluding tert-OH is 1. The number of azide groups is 1. The van der Waals surface area contributed by atoms with Crippen molar-refractivity contribution in [3.63, 3.8) is 0 Å². The van der Waals surface area contributed by atoms with Crippen LogP contribution in [0.2, 0.25) is 0 Å². The van der Waals surface area contributed by atoms with E-state index in [1.165, 1.54) is 0 Å². The molecule has 0 fully saturated rings. The standard InChI is InChI=1S/C12H15N3O3/c13-15-14-10(2-1-5-16)9-3-4-11-12(8-9)18-7-6-17-11/h3-4,8,10,16H,1-2,5-7H2. The molecule has 18 heavy (non-hydrogen) atoms. The molecule has 1 N–H and O–H groups in total. The Morgan fingerprint density at radius 1 is 1.33 bits per heavy atom. The van der Waals surface area contributed by atoms with Crippen LogP contribution in [0.3, 0.4) is 0 Å². The van der Waals surface area contributed by atoms with E-state index < -0.39 is 0 Å². The molecule has 0 spiro atoms. The van der Waals surface area contributed by atoms with Crippen molar-refractivity contribution in [2.75, 3.05) is 19.8 Å². The van der Waals surface area contributed by atoms with Gasteiger partial charge in [-0.1, -0.05) is 11.2 Å². The van der Waals surface area contributed by atoms with E-state index in [0.717, 1.165) is 5.56 Å². The van der Waals surface area contributed by atoms with Crippen LogP contribution in [-0.4, -0.2) is 24.9 Å². The Balaban J connectivity index is 2.21. The third-order valence-electron chi connectivity index (χ3n) is 2.78. The number of hydrogen-bond acceptors (Lipinski definition) is 4.